The highest BCUT2D eigenvalue weighted by Gasteiger charge is 2.29. The fourth-order valence-corrected chi connectivity index (χ4v) is 2.84. The average molecular weight is 255 g/mol. The van der Waals surface area contributed by atoms with Crippen molar-refractivity contribution in [2.24, 2.45) is 5.92 Å². The molecular formula is C14H25NOS. The highest BCUT2D eigenvalue weighted by atomic mass is 32.1. The number of aliphatic hydroxyl groups is 1. The first-order valence-electron chi connectivity index (χ1n) is 6.34. The van der Waals surface area contributed by atoms with Crippen molar-refractivity contribution in [1.82, 2.24) is 4.98 Å². The first-order valence-corrected chi connectivity index (χ1v) is 7.22. The van der Waals surface area contributed by atoms with E-state index in [9.17, 15) is 5.11 Å². The number of rotatable bonds is 4. The topological polar surface area (TPSA) is 33.1 Å². The Morgan fingerprint density at radius 3 is 2.35 bits per heavy atom. The van der Waals surface area contributed by atoms with Crippen LogP contribution >= 0.6 is 11.3 Å². The largest absolute Gasteiger partial charge is 0.389 e. The number of hydrogen-bond donors (Lipinski definition) is 1. The Morgan fingerprint density at radius 1 is 1.35 bits per heavy atom. The monoisotopic (exact) mass is 255 g/mol. The summed E-state index contributed by atoms with van der Waals surface area (Å²) in [6, 6.07) is 0. The first kappa shape index (κ1) is 14.7. The summed E-state index contributed by atoms with van der Waals surface area (Å²) in [7, 11) is 0. The molecule has 17 heavy (non-hydrogen) atoms. The Labute approximate surface area is 109 Å². The second kappa shape index (κ2) is 5.07. The smallest absolute Gasteiger partial charge is 0.0957 e. The normalized spacial score (nSPS) is 17.8. The van der Waals surface area contributed by atoms with E-state index < -0.39 is 5.60 Å². The summed E-state index contributed by atoms with van der Waals surface area (Å²) in [5.41, 5.74) is 0.566. The van der Waals surface area contributed by atoms with Gasteiger partial charge in [-0.1, -0.05) is 41.0 Å². The van der Waals surface area contributed by atoms with Crippen molar-refractivity contribution in [2.45, 2.75) is 65.4 Å². The average Bonchev–Trinajstić information content (AvgIpc) is 2.63. The molecule has 0 saturated carbocycles. The van der Waals surface area contributed by atoms with Crippen LogP contribution in [0.25, 0.3) is 0 Å². The molecule has 2 unspecified atom stereocenters. The van der Waals surface area contributed by atoms with Crippen molar-refractivity contribution in [1.29, 1.82) is 0 Å². The van der Waals surface area contributed by atoms with E-state index in [0.717, 1.165) is 17.1 Å². The van der Waals surface area contributed by atoms with E-state index in [1.54, 1.807) is 11.3 Å². The Bertz CT molecular complexity index is 363. The third kappa shape index (κ3) is 3.78. The molecule has 1 aromatic rings. The Balaban J connectivity index is 2.79. The molecule has 2 atom stereocenters. The minimum absolute atomic E-state index is 0.0942. The Kier molecular flexibility index (Phi) is 4.37. The van der Waals surface area contributed by atoms with E-state index in [1.165, 1.54) is 0 Å². The molecule has 0 amide bonds. The quantitative estimate of drug-likeness (QED) is 0.888. The molecule has 0 aliphatic carbocycles. The molecule has 0 aliphatic heterocycles. The van der Waals surface area contributed by atoms with Gasteiger partial charge in [-0.3, -0.25) is 0 Å². The van der Waals surface area contributed by atoms with Gasteiger partial charge in [0.2, 0.25) is 0 Å². The summed E-state index contributed by atoms with van der Waals surface area (Å²) in [6.45, 7) is 12.6. The van der Waals surface area contributed by atoms with Gasteiger partial charge in [0, 0.05) is 17.2 Å². The van der Waals surface area contributed by atoms with Crippen LogP contribution in [0.5, 0.6) is 0 Å². The molecule has 1 N–H and O–H groups in total. The predicted octanol–water partition coefficient (Wildman–Crippen LogP) is 3.78. The van der Waals surface area contributed by atoms with E-state index in [4.69, 9.17) is 0 Å². The van der Waals surface area contributed by atoms with Gasteiger partial charge in [0.1, 0.15) is 0 Å². The summed E-state index contributed by atoms with van der Waals surface area (Å²) >= 11 is 1.66. The Hall–Kier alpha value is -0.410. The fourth-order valence-electron chi connectivity index (χ4n) is 1.66. The van der Waals surface area contributed by atoms with Gasteiger partial charge in [0.25, 0.3) is 0 Å². The molecule has 0 radical (unpaired) electrons. The van der Waals surface area contributed by atoms with E-state index in [2.05, 4.69) is 45.0 Å². The zero-order chi connectivity index (χ0) is 13.3. The van der Waals surface area contributed by atoms with Gasteiger partial charge in [-0.05, 0) is 12.8 Å². The molecule has 98 valence electrons. The molecule has 2 nitrogen and oxygen atoms in total. The maximum atomic E-state index is 10.4. The van der Waals surface area contributed by atoms with Crippen LogP contribution in [-0.2, 0) is 11.8 Å². The van der Waals surface area contributed by atoms with Gasteiger partial charge in [-0.25, -0.2) is 4.98 Å². The molecule has 0 saturated heterocycles. The van der Waals surface area contributed by atoms with Gasteiger partial charge in [0.05, 0.1) is 16.3 Å². The molecule has 1 heterocycles. The van der Waals surface area contributed by atoms with Crippen LogP contribution in [0.2, 0.25) is 0 Å². The zero-order valence-corrected chi connectivity index (χ0v) is 12.7. The second-order valence-electron chi connectivity index (χ2n) is 6.22. The van der Waals surface area contributed by atoms with Crippen molar-refractivity contribution >= 4 is 11.3 Å². The third-order valence-corrected chi connectivity index (χ3v) is 4.35. The summed E-state index contributed by atoms with van der Waals surface area (Å²) in [6.07, 6.45) is 1.65. The molecule has 0 spiro atoms. The van der Waals surface area contributed by atoms with Gasteiger partial charge in [0.15, 0.2) is 0 Å². The summed E-state index contributed by atoms with van der Waals surface area (Å²) in [5.74, 6) is 0.296. The van der Waals surface area contributed by atoms with Crippen molar-refractivity contribution < 1.29 is 5.11 Å². The van der Waals surface area contributed by atoms with Gasteiger partial charge in [-0.2, -0.15) is 0 Å². The number of thiazole rings is 1. The van der Waals surface area contributed by atoms with E-state index in [-0.39, 0.29) is 5.41 Å². The lowest BCUT2D eigenvalue weighted by atomic mass is 9.86. The second-order valence-corrected chi connectivity index (χ2v) is 7.16. The van der Waals surface area contributed by atoms with Crippen molar-refractivity contribution in [2.75, 3.05) is 0 Å². The zero-order valence-electron chi connectivity index (χ0n) is 11.9. The van der Waals surface area contributed by atoms with Crippen molar-refractivity contribution in [3.05, 3.63) is 16.1 Å². The minimum Gasteiger partial charge on any atom is -0.389 e. The molecule has 0 bridgehead atoms. The first-order chi connectivity index (χ1) is 7.66. The molecular weight excluding hydrogens is 230 g/mol. The van der Waals surface area contributed by atoms with Gasteiger partial charge in [-0.15, -0.1) is 11.3 Å². The fraction of sp³-hybridized carbons (Fsp3) is 0.786. The standard InChI is InChI=1S/C14H25NOS/c1-7-10(2)14(6,16)8-12-15-11(9-17-12)13(3,4)5/h9-10,16H,7-8H2,1-6H3. The van der Waals surface area contributed by atoms with Crippen molar-refractivity contribution in [3.63, 3.8) is 0 Å². The lowest BCUT2D eigenvalue weighted by Crippen LogP contribution is -2.34. The lowest BCUT2D eigenvalue weighted by molar-refractivity contribution is 0.00508. The van der Waals surface area contributed by atoms with Crippen LogP contribution in [0.15, 0.2) is 5.38 Å². The van der Waals surface area contributed by atoms with E-state index >= 15 is 0 Å². The minimum atomic E-state index is -0.651. The molecule has 3 heteroatoms. The number of nitrogens with zero attached hydrogens (tertiary/aromatic N) is 1. The summed E-state index contributed by atoms with van der Waals surface area (Å²) in [5, 5.41) is 13.6. The van der Waals surface area contributed by atoms with Crippen LogP contribution in [-0.4, -0.2) is 15.7 Å². The van der Waals surface area contributed by atoms with Gasteiger partial charge >= 0.3 is 0 Å². The lowest BCUT2D eigenvalue weighted by Gasteiger charge is -2.28. The van der Waals surface area contributed by atoms with Crippen LogP contribution in [0, 0.1) is 5.92 Å². The predicted molar refractivity (Wildman–Crippen MR) is 74.6 cm³/mol. The maximum Gasteiger partial charge on any atom is 0.0957 e. The SMILES string of the molecule is CCC(C)C(C)(O)Cc1nc(C(C)(C)C)cs1. The third-order valence-electron chi connectivity index (χ3n) is 3.50. The maximum absolute atomic E-state index is 10.4. The van der Waals surface area contributed by atoms with Crippen molar-refractivity contribution in [3.8, 4) is 0 Å². The van der Waals surface area contributed by atoms with E-state index in [1.807, 2.05) is 6.92 Å². The highest BCUT2D eigenvalue weighted by molar-refractivity contribution is 7.09. The number of hydrogen-bond acceptors (Lipinski definition) is 3. The summed E-state index contributed by atoms with van der Waals surface area (Å²) < 4.78 is 0. The van der Waals surface area contributed by atoms with Crippen LogP contribution < -0.4 is 0 Å². The van der Waals surface area contributed by atoms with Gasteiger partial charge < -0.3 is 5.11 Å². The van der Waals surface area contributed by atoms with Crippen LogP contribution in [0.4, 0.5) is 0 Å². The van der Waals surface area contributed by atoms with E-state index in [0.29, 0.717) is 12.3 Å². The summed E-state index contributed by atoms with van der Waals surface area (Å²) in [4.78, 5) is 4.64. The highest BCUT2D eigenvalue weighted by Crippen LogP contribution is 2.29. The molecule has 1 rings (SSSR count). The molecule has 0 aliphatic rings. The molecule has 0 aromatic carbocycles. The molecule has 1 aromatic heterocycles. The molecule has 0 fully saturated rings. The van der Waals surface area contributed by atoms with Crippen LogP contribution in [0.1, 0.15) is 58.7 Å². The van der Waals surface area contributed by atoms with Crippen LogP contribution in [0.3, 0.4) is 0 Å². The number of aromatic nitrogens is 1. The Morgan fingerprint density at radius 2 is 1.94 bits per heavy atom.